The fraction of sp³-hybridized carbons (Fsp3) is 0.269. The van der Waals surface area contributed by atoms with Crippen molar-refractivity contribution < 1.29 is 18.1 Å². The predicted molar refractivity (Wildman–Crippen MR) is 132 cm³/mol. The number of nitro benzene ring substituents is 1. The van der Waals surface area contributed by atoms with Crippen LogP contribution in [0.15, 0.2) is 83.8 Å². The third-order valence-electron chi connectivity index (χ3n) is 6.38. The van der Waals surface area contributed by atoms with Crippen LogP contribution in [0.1, 0.15) is 35.6 Å². The summed E-state index contributed by atoms with van der Waals surface area (Å²) in [7, 11) is -3.91. The Morgan fingerprint density at radius 2 is 1.51 bits per heavy atom. The number of sulfonamides is 1. The monoisotopic (exact) mass is 493 g/mol. The number of hydrogen-bond acceptors (Lipinski definition) is 5. The summed E-state index contributed by atoms with van der Waals surface area (Å²) in [5.41, 5.74) is 2.11. The topological polar surface area (TPSA) is 110 Å². The summed E-state index contributed by atoms with van der Waals surface area (Å²) < 4.78 is 27.7. The van der Waals surface area contributed by atoms with Gasteiger partial charge in [0.15, 0.2) is 0 Å². The molecule has 0 unspecified atom stereocenters. The minimum absolute atomic E-state index is 0.0668. The van der Waals surface area contributed by atoms with Gasteiger partial charge in [-0.05, 0) is 36.5 Å². The normalized spacial score (nSPS) is 15.1. The fourth-order valence-electron chi connectivity index (χ4n) is 4.39. The lowest BCUT2D eigenvalue weighted by Crippen LogP contribution is -2.44. The number of aryl methyl sites for hydroxylation is 1. The molecule has 0 aromatic heterocycles. The average molecular weight is 494 g/mol. The third-order valence-corrected chi connectivity index (χ3v) is 8.42. The highest BCUT2D eigenvalue weighted by Crippen LogP contribution is 2.29. The van der Waals surface area contributed by atoms with E-state index in [-0.39, 0.29) is 41.5 Å². The molecule has 0 radical (unpaired) electrons. The van der Waals surface area contributed by atoms with Crippen molar-refractivity contribution in [2.45, 2.75) is 30.7 Å². The Morgan fingerprint density at radius 1 is 0.971 bits per heavy atom. The predicted octanol–water partition coefficient (Wildman–Crippen LogP) is 4.21. The molecular weight excluding hydrogens is 466 g/mol. The minimum Gasteiger partial charge on any atom is -0.345 e. The molecule has 0 atom stereocenters. The van der Waals surface area contributed by atoms with Crippen LogP contribution in [0, 0.1) is 23.0 Å². The zero-order valence-electron chi connectivity index (χ0n) is 19.3. The molecule has 3 aromatic rings. The molecule has 9 heteroatoms. The molecule has 1 aliphatic heterocycles. The van der Waals surface area contributed by atoms with Crippen molar-refractivity contribution in [2.75, 3.05) is 13.1 Å². The number of hydrogen-bond donors (Lipinski definition) is 1. The van der Waals surface area contributed by atoms with Crippen molar-refractivity contribution in [3.8, 4) is 0 Å². The van der Waals surface area contributed by atoms with E-state index in [1.807, 2.05) is 60.7 Å². The number of amides is 1. The molecule has 1 N–H and O–H groups in total. The Kier molecular flexibility index (Phi) is 7.28. The number of carbonyl (C=O) groups excluding carboxylic acids is 1. The van der Waals surface area contributed by atoms with E-state index in [0.29, 0.717) is 18.4 Å². The molecule has 1 heterocycles. The van der Waals surface area contributed by atoms with Gasteiger partial charge < -0.3 is 5.32 Å². The Morgan fingerprint density at radius 3 is 2.03 bits per heavy atom. The maximum atomic E-state index is 13.2. The standard InChI is InChI=1S/C26H27N3O5S/c1-19-12-13-23(29(31)32)18-24(19)35(33,34)28-16-14-22(15-17-28)26(30)27-25(20-8-4-2-5-9-20)21-10-6-3-7-11-21/h2-13,18,22,25H,14-17H2,1H3,(H,27,30). The van der Waals surface area contributed by atoms with Crippen LogP contribution in [-0.4, -0.2) is 36.6 Å². The van der Waals surface area contributed by atoms with Gasteiger partial charge in [-0.25, -0.2) is 8.42 Å². The van der Waals surface area contributed by atoms with E-state index >= 15 is 0 Å². The third kappa shape index (κ3) is 5.41. The van der Waals surface area contributed by atoms with Crippen LogP contribution in [0.2, 0.25) is 0 Å². The van der Waals surface area contributed by atoms with Crippen LogP contribution in [0.3, 0.4) is 0 Å². The first-order chi connectivity index (χ1) is 16.8. The fourth-order valence-corrected chi connectivity index (χ4v) is 6.10. The molecule has 0 bridgehead atoms. The molecule has 4 rings (SSSR count). The Bertz CT molecular complexity index is 1270. The maximum Gasteiger partial charge on any atom is 0.270 e. The second-order valence-electron chi connectivity index (χ2n) is 8.65. The van der Waals surface area contributed by atoms with Gasteiger partial charge in [0.25, 0.3) is 5.69 Å². The molecule has 0 saturated carbocycles. The van der Waals surface area contributed by atoms with Crippen molar-refractivity contribution in [2.24, 2.45) is 5.92 Å². The lowest BCUT2D eigenvalue weighted by atomic mass is 9.94. The van der Waals surface area contributed by atoms with Crippen molar-refractivity contribution in [3.63, 3.8) is 0 Å². The highest BCUT2D eigenvalue weighted by atomic mass is 32.2. The number of non-ortho nitro benzene ring substituents is 1. The molecule has 0 aliphatic carbocycles. The van der Waals surface area contributed by atoms with Gasteiger partial charge in [0.2, 0.25) is 15.9 Å². The second kappa shape index (κ2) is 10.4. The summed E-state index contributed by atoms with van der Waals surface area (Å²) in [6, 6.07) is 23.0. The highest BCUT2D eigenvalue weighted by Gasteiger charge is 2.34. The van der Waals surface area contributed by atoms with Crippen molar-refractivity contribution in [3.05, 3.63) is 106 Å². The number of nitrogens with zero attached hydrogens (tertiary/aromatic N) is 2. The van der Waals surface area contributed by atoms with E-state index in [9.17, 15) is 23.3 Å². The van der Waals surface area contributed by atoms with Crippen LogP contribution in [0.5, 0.6) is 0 Å². The van der Waals surface area contributed by atoms with Gasteiger partial charge in [0.05, 0.1) is 15.9 Å². The van der Waals surface area contributed by atoms with Crippen molar-refractivity contribution in [1.29, 1.82) is 0 Å². The summed E-state index contributed by atoms with van der Waals surface area (Å²) in [6.07, 6.45) is 0.741. The van der Waals surface area contributed by atoms with E-state index < -0.39 is 14.9 Å². The molecule has 182 valence electrons. The highest BCUT2D eigenvalue weighted by molar-refractivity contribution is 7.89. The van der Waals surface area contributed by atoms with Gasteiger partial charge in [-0.15, -0.1) is 0 Å². The maximum absolute atomic E-state index is 13.2. The SMILES string of the molecule is Cc1ccc([N+](=O)[O-])cc1S(=O)(=O)N1CCC(C(=O)NC(c2ccccc2)c2ccccc2)CC1. The second-order valence-corrected chi connectivity index (χ2v) is 10.6. The Hall–Kier alpha value is -3.56. The molecule has 1 amide bonds. The Labute approximate surface area is 204 Å². The first kappa shape index (κ1) is 24.6. The zero-order valence-corrected chi connectivity index (χ0v) is 20.1. The van der Waals surface area contributed by atoms with E-state index in [4.69, 9.17) is 0 Å². The average Bonchev–Trinajstić information content (AvgIpc) is 2.88. The van der Waals surface area contributed by atoms with Crippen LogP contribution in [0.4, 0.5) is 5.69 Å². The number of benzene rings is 3. The molecule has 35 heavy (non-hydrogen) atoms. The Balaban J connectivity index is 1.47. The van der Waals surface area contributed by atoms with Gasteiger partial charge in [-0.3, -0.25) is 14.9 Å². The van der Waals surface area contributed by atoms with Crippen LogP contribution >= 0.6 is 0 Å². The van der Waals surface area contributed by atoms with E-state index in [1.54, 1.807) is 6.92 Å². The van der Waals surface area contributed by atoms with E-state index in [0.717, 1.165) is 17.2 Å². The first-order valence-electron chi connectivity index (χ1n) is 11.4. The smallest absolute Gasteiger partial charge is 0.270 e. The summed E-state index contributed by atoms with van der Waals surface area (Å²) in [5.74, 6) is -0.450. The quantitative estimate of drug-likeness (QED) is 0.392. The molecule has 1 fully saturated rings. The molecule has 8 nitrogen and oxygen atoms in total. The number of nitrogens with one attached hydrogen (secondary N) is 1. The van der Waals surface area contributed by atoms with Gasteiger partial charge in [0, 0.05) is 31.1 Å². The van der Waals surface area contributed by atoms with Crippen LogP contribution in [0.25, 0.3) is 0 Å². The van der Waals surface area contributed by atoms with Gasteiger partial charge in [-0.2, -0.15) is 4.31 Å². The van der Waals surface area contributed by atoms with Crippen molar-refractivity contribution >= 4 is 21.6 Å². The van der Waals surface area contributed by atoms with Crippen molar-refractivity contribution in [1.82, 2.24) is 9.62 Å². The molecule has 3 aromatic carbocycles. The van der Waals surface area contributed by atoms with Gasteiger partial charge >= 0.3 is 0 Å². The summed E-state index contributed by atoms with van der Waals surface area (Å²) in [6.45, 7) is 1.96. The largest absolute Gasteiger partial charge is 0.345 e. The van der Waals surface area contributed by atoms with Gasteiger partial charge in [-0.1, -0.05) is 66.7 Å². The number of piperidine rings is 1. The van der Waals surface area contributed by atoms with E-state index in [2.05, 4.69) is 5.32 Å². The minimum atomic E-state index is -3.91. The van der Waals surface area contributed by atoms with Crippen LogP contribution < -0.4 is 5.32 Å². The molecule has 0 spiro atoms. The number of nitro groups is 1. The number of carbonyl (C=O) groups is 1. The molecule has 1 aliphatic rings. The van der Waals surface area contributed by atoms with E-state index in [1.165, 1.54) is 16.4 Å². The molecular formula is C26H27N3O5S. The summed E-state index contributed by atoms with van der Waals surface area (Å²) in [5, 5.41) is 14.3. The first-order valence-corrected chi connectivity index (χ1v) is 12.9. The lowest BCUT2D eigenvalue weighted by molar-refractivity contribution is -0.385. The summed E-state index contributed by atoms with van der Waals surface area (Å²) in [4.78, 5) is 23.7. The number of rotatable bonds is 7. The van der Waals surface area contributed by atoms with Gasteiger partial charge in [0.1, 0.15) is 0 Å². The summed E-state index contributed by atoms with van der Waals surface area (Å²) >= 11 is 0. The lowest BCUT2D eigenvalue weighted by Gasteiger charge is -2.32. The molecule has 1 saturated heterocycles. The zero-order chi connectivity index (χ0) is 25.0. The van der Waals surface area contributed by atoms with Crippen LogP contribution in [-0.2, 0) is 14.8 Å².